The van der Waals surface area contributed by atoms with Gasteiger partial charge in [0.25, 0.3) is 0 Å². The number of hydrogen-bond donors (Lipinski definition) is 2. The fourth-order valence-electron chi connectivity index (χ4n) is 3.04. The van der Waals surface area contributed by atoms with Gasteiger partial charge in [0.2, 0.25) is 0 Å². The Balaban J connectivity index is 1.56. The largest absolute Gasteiger partial charge is 0.353 e. The van der Waals surface area contributed by atoms with Gasteiger partial charge in [-0.25, -0.2) is 0 Å². The van der Waals surface area contributed by atoms with Crippen LogP contribution in [0.3, 0.4) is 0 Å². The predicted molar refractivity (Wildman–Crippen MR) is 93.6 cm³/mol. The van der Waals surface area contributed by atoms with Crippen LogP contribution in [0.4, 0.5) is 0 Å². The Kier molecular flexibility index (Phi) is 4.37. The van der Waals surface area contributed by atoms with Crippen molar-refractivity contribution in [2.45, 2.75) is 38.8 Å². The summed E-state index contributed by atoms with van der Waals surface area (Å²) in [5, 5.41) is 11.4. The molecule has 1 aliphatic rings. The quantitative estimate of drug-likeness (QED) is 0.673. The van der Waals surface area contributed by atoms with E-state index >= 15 is 0 Å². The van der Waals surface area contributed by atoms with E-state index in [4.69, 9.17) is 0 Å². The third kappa shape index (κ3) is 3.38. The topological polar surface area (TPSA) is 54.2 Å². The smallest absolute Gasteiger partial charge is 0.191 e. The molecule has 23 heavy (non-hydrogen) atoms. The molecule has 1 aromatic heterocycles. The number of guanidine groups is 1. The number of aryl methyl sites for hydroxylation is 2. The lowest BCUT2D eigenvalue weighted by Crippen LogP contribution is -2.38. The standard InChI is InChI=1S/C18H25N5/c1-12-16(13(2)23(4)22-12)11-20-18(19-3)21-17-10-15(17)14-8-6-5-7-9-14/h5-9,15,17H,10-11H2,1-4H3,(H2,19,20,21). The molecule has 1 saturated carbocycles. The van der Waals surface area contributed by atoms with Crippen LogP contribution in [0.25, 0.3) is 0 Å². The highest BCUT2D eigenvalue weighted by atomic mass is 15.3. The highest BCUT2D eigenvalue weighted by Gasteiger charge is 2.38. The first kappa shape index (κ1) is 15.6. The van der Waals surface area contributed by atoms with Crippen molar-refractivity contribution >= 4 is 5.96 Å². The minimum atomic E-state index is 0.472. The molecule has 1 heterocycles. The second-order valence-corrected chi connectivity index (χ2v) is 6.20. The number of nitrogens with zero attached hydrogens (tertiary/aromatic N) is 3. The molecule has 0 spiro atoms. The van der Waals surface area contributed by atoms with E-state index in [1.807, 2.05) is 25.7 Å². The molecule has 5 heteroatoms. The first-order valence-corrected chi connectivity index (χ1v) is 8.11. The molecular formula is C18H25N5. The fraction of sp³-hybridized carbons (Fsp3) is 0.444. The van der Waals surface area contributed by atoms with Crippen LogP contribution in [0.5, 0.6) is 0 Å². The van der Waals surface area contributed by atoms with Gasteiger partial charge >= 0.3 is 0 Å². The van der Waals surface area contributed by atoms with Crippen molar-refractivity contribution in [3.63, 3.8) is 0 Å². The number of benzene rings is 1. The maximum Gasteiger partial charge on any atom is 0.191 e. The van der Waals surface area contributed by atoms with Crippen molar-refractivity contribution in [1.29, 1.82) is 0 Å². The Morgan fingerprint density at radius 2 is 2.04 bits per heavy atom. The minimum absolute atomic E-state index is 0.472. The molecule has 0 aliphatic heterocycles. The number of rotatable bonds is 4. The van der Waals surface area contributed by atoms with Gasteiger partial charge in [0.15, 0.2) is 5.96 Å². The van der Waals surface area contributed by atoms with E-state index in [-0.39, 0.29) is 0 Å². The Morgan fingerprint density at radius 1 is 1.30 bits per heavy atom. The van der Waals surface area contributed by atoms with Crippen LogP contribution in [0.1, 0.15) is 34.9 Å². The summed E-state index contributed by atoms with van der Waals surface area (Å²) in [7, 11) is 3.80. The van der Waals surface area contributed by atoms with Crippen LogP contribution in [0.2, 0.25) is 0 Å². The molecule has 122 valence electrons. The van der Waals surface area contributed by atoms with E-state index < -0.39 is 0 Å². The molecule has 1 fully saturated rings. The highest BCUT2D eigenvalue weighted by Crippen LogP contribution is 2.40. The van der Waals surface area contributed by atoms with E-state index in [0.717, 1.165) is 24.6 Å². The number of aliphatic imine (C=N–C) groups is 1. The summed E-state index contributed by atoms with van der Waals surface area (Å²) in [5.41, 5.74) is 4.91. The summed E-state index contributed by atoms with van der Waals surface area (Å²) in [5.74, 6) is 1.45. The zero-order valence-electron chi connectivity index (χ0n) is 14.3. The van der Waals surface area contributed by atoms with Crippen molar-refractivity contribution in [3.8, 4) is 0 Å². The third-order valence-electron chi connectivity index (χ3n) is 4.66. The summed E-state index contributed by atoms with van der Waals surface area (Å²) in [6, 6.07) is 11.1. The zero-order valence-corrected chi connectivity index (χ0v) is 14.3. The molecule has 1 aromatic carbocycles. The SMILES string of the molecule is CN=C(NCc1c(C)nn(C)c1C)NC1CC1c1ccccc1. The lowest BCUT2D eigenvalue weighted by Gasteiger charge is -2.12. The minimum Gasteiger partial charge on any atom is -0.353 e. The first-order chi connectivity index (χ1) is 11.1. The average Bonchev–Trinajstić information content (AvgIpc) is 3.28. The molecule has 2 atom stereocenters. The lowest BCUT2D eigenvalue weighted by molar-refractivity contribution is 0.728. The van der Waals surface area contributed by atoms with Gasteiger partial charge in [0, 0.05) is 43.9 Å². The van der Waals surface area contributed by atoms with E-state index in [1.54, 1.807) is 0 Å². The molecule has 5 nitrogen and oxygen atoms in total. The van der Waals surface area contributed by atoms with Gasteiger partial charge in [0.1, 0.15) is 0 Å². The molecule has 2 aromatic rings. The molecule has 0 radical (unpaired) electrons. The Labute approximate surface area is 137 Å². The molecule has 3 rings (SSSR count). The Bertz CT molecular complexity index is 702. The number of nitrogens with one attached hydrogen (secondary N) is 2. The van der Waals surface area contributed by atoms with Crippen LogP contribution in [-0.2, 0) is 13.6 Å². The lowest BCUT2D eigenvalue weighted by atomic mass is 10.1. The second-order valence-electron chi connectivity index (χ2n) is 6.20. The van der Waals surface area contributed by atoms with Crippen molar-refractivity contribution in [1.82, 2.24) is 20.4 Å². The number of aromatic nitrogens is 2. The van der Waals surface area contributed by atoms with E-state index in [2.05, 4.69) is 58.0 Å². The summed E-state index contributed by atoms with van der Waals surface area (Å²) < 4.78 is 1.93. The normalized spacial score (nSPS) is 20.4. The van der Waals surface area contributed by atoms with Gasteiger partial charge in [0.05, 0.1) is 5.69 Å². The van der Waals surface area contributed by atoms with Crippen molar-refractivity contribution in [3.05, 3.63) is 52.8 Å². The molecular weight excluding hydrogens is 286 g/mol. The summed E-state index contributed by atoms with van der Waals surface area (Å²) in [6.45, 7) is 4.89. The van der Waals surface area contributed by atoms with Crippen LogP contribution in [0.15, 0.2) is 35.3 Å². The van der Waals surface area contributed by atoms with Crippen LogP contribution >= 0.6 is 0 Å². The monoisotopic (exact) mass is 311 g/mol. The first-order valence-electron chi connectivity index (χ1n) is 8.11. The molecule has 2 unspecified atom stereocenters. The maximum atomic E-state index is 4.46. The fourth-order valence-corrected chi connectivity index (χ4v) is 3.04. The second kappa shape index (κ2) is 6.44. The average molecular weight is 311 g/mol. The van der Waals surface area contributed by atoms with E-state index in [9.17, 15) is 0 Å². The maximum absolute atomic E-state index is 4.46. The van der Waals surface area contributed by atoms with Gasteiger partial charge in [-0.3, -0.25) is 9.67 Å². The highest BCUT2D eigenvalue weighted by molar-refractivity contribution is 5.80. The van der Waals surface area contributed by atoms with Crippen molar-refractivity contribution < 1.29 is 0 Å². The Morgan fingerprint density at radius 3 is 2.65 bits per heavy atom. The zero-order chi connectivity index (χ0) is 16.4. The van der Waals surface area contributed by atoms with Crippen LogP contribution in [-0.4, -0.2) is 28.8 Å². The summed E-state index contributed by atoms with van der Waals surface area (Å²) in [6.07, 6.45) is 1.16. The van der Waals surface area contributed by atoms with Gasteiger partial charge in [-0.2, -0.15) is 5.10 Å². The van der Waals surface area contributed by atoms with Gasteiger partial charge in [-0.15, -0.1) is 0 Å². The molecule has 0 bridgehead atoms. The van der Waals surface area contributed by atoms with Gasteiger partial charge in [-0.1, -0.05) is 30.3 Å². The number of hydrogen-bond acceptors (Lipinski definition) is 2. The third-order valence-corrected chi connectivity index (χ3v) is 4.66. The van der Waals surface area contributed by atoms with Crippen molar-refractivity contribution in [2.24, 2.45) is 12.0 Å². The molecule has 1 aliphatic carbocycles. The Hall–Kier alpha value is -2.30. The predicted octanol–water partition coefficient (Wildman–Crippen LogP) is 2.26. The van der Waals surface area contributed by atoms with Gasteiger partial charge in [-0.05, 0) is 25.8 Å². The van der Waals surface area contributed by atoms with Crippen LogP contribution in [0, 0.1) is 13.8 Å². The molecule has 0 saturated heterocycles. The van der Waals surface area contributed by atoms with E-state index in [1.165, 1.54) is 16.8 Å². The summed E-state index contributed by atoms with van der Waals surface area (Å²) >= 11 is 0. The molecule has 2 N–H and O–H groups in total. The molecule has 0 amide bonds. The van der Waals surface area contributed by atoms with E-state index in [0.29, 0.717) is 12.0 Å². The van der Waals surface area contributed by atoms with Gasteiger partial charge < -0.3 is 10.6 Å². The van der Waals surface area contributed by atoms with Crippen molar-refractivity contribution in [2.75, 3.05) is 7.05 Å². The van der Waals surface area contributed by atoms with Crippen LogP contribution < -0.4 is 10.6 Å². The summed E-state index contributed by atoms with van der Waals surface area (Å²) in [4.78, 5) is 4.34.